The van der Waals surface area contributed by atoms with Crippen molar-refractivity contribution < 1.29 is 14.3 Å². The summed E-state index contributed by atoms with van der Waals surface area (Å²) in [7, 11) is 0. The maximum Gasteiger partial charge on any atom is 0.243 e. The van der Waals surface area contributed by atoms with Gasteiger partial charge in [-0.05, 0) is 29.2 Å². The van der Waals surface area contributed by atoms with Gasteiger partial charge in [-0.15, -0.1) is 0 Å². The number of nitrogens with zero attached hydrogens (tertiary/aromatic N) is 2. The second-order valence-corrected chi connectivity index (χ2v) is 10.6. The van der Waals surface area contributed by atoms with E-state index in [0.717, 1.165) is 49.8 Å². The molecule has 0 radical (unpaired) electrons. The van der Waals surface area contributed by atoms with Crippen molar-refractivity contribution in [3.8, 4) is 0 Å². The van der Waals surface area contributed by atoms with Crippen molar-refractivity contribution in [2.24, 2.45) is 5.92 Å². The molecule has 2 amide bonds. The predicted molar refractivity (Wildman–Crippen MR) is 124 cm³/mol. The molecule has 0 aromatic heterocycles. The predicted octanol–water partition coefficient (Wildman–Crippen LogP) is 2.31. The Balaban J connectivity index is 1.48. The average Bonchev–Trinajstić information content (AvgIpc) is 3.27. The van der Waals surface area contributed by atoms with Gasteiger partial charge in [-0.3, -0.25) is 14.5 Å². The summed E-state index contributed by atoms with van der Waals surface area (Å²) >= 11 is 1.97. The lowest BCUT2D eigenvalue weighted by Crippen LogP contribution is -2.61. The molecule has 31 heavy (non-hydrogen) atoms. The van der Waals surface area contributed by atoms with E-state index in [9.17, 15) is 9.59 Å². The Kier molecular flexibility index (Phi) is 7.24. The van der Waals surface area contributed by atoms with Crippen LogP contribution < -0.4 is 5.32 Å². The maximum absolute atomic E-state index is 13.4. The third-order valence-corrected chi connectivity index (χ3v) is 8.04. The number of carbonyl (C=O) groups excluding carboxylic acids is 2. The van der Waals surface area contributed by atoms with Crippen LogP contribution in [-0.2, 0) is 27.3 Å². The smallest absolute Gasteiger partial charge is 0.243 e. The van der Waals surface area contributed by atoms with Crippen molar-refractivity contribution >= 4 is 23.6 Å². The lowest BCUT2D eigenvalue weighted by Gasteiger charge is -2.43. The third kappa shape index (κ3) is 5.10. The van der Waals surface area contributed by atoms with Gasteiger partial charge >= 0.3 is 0 Å². The molecule has 2 unspecified atom stereocenters. The van der Waals surface area contributed by atoms with Crippen molar-refractivity contribution in [2.75, 3.05) is 44.4 Å². The Bertz CT molecular complexity index is 788. The molecule has 0 bridgehead atoms. The van der Waals surface area contributed by atoms with E-state index in [2.05, 4.69) is 36.2 Å². The summed E-state index contributed by atoms with van der Waals surface area (Å²) in [5.74, 6) is 2.49. The first-order chi connectivity index (χ1) is 15.0. The molecule has 4 rings (SSSR count). The molecular weight excluding hydrogens is 410 g/mol. The van der Waals surface area contributed by atoms with Crippen LogP contribution in [0.15, 0.2) is 24.3 Å². The molecule has 170 valence electrons. The zero-order chi connectivity index (χ0) is 21.8. The second kappa shape index (κ2) is 9.92. The van der Waals surface area contributed by atoms with Crippen LogP contribution in [0.3, 0.4) is 0 Å². The molecule has 2 saturated heterocycles. The van der Waals surface area contributed by atoms with E-state index in [1.54, 1.807) is 0 Å². The number of fused-ring (bicyclic) bond motifs is 1. The topological polar surface area (TPSA) is 61.9 Å². The van der Waals surface area contributed by atoms with E-state index in [0.29, 0.717) is 25.9 Å². The standard InChI is InChI=1S/C24H35N3O3S/c1-18(2)13-22(28)27-15-20-6-4-3-5-19(20)14-21(27)23(29)25-16-24(7-12-31-17-24)26-8-10-30-11-9-26/h3-6,18,21H,7-17H2,1-2H3,(H,25,29). The number of carbonyl (C=O) groups is 2. The zero-order valence-electron chi connectivity index (χ0n) is 18.8. The largest absolute Gasteiger partial charge is 0.379 e. The lowest BCUT2D eigenvalue weighted by atomic mass is 9.91. The van der Waals surface area contributed by atoms with Crippen LogP contribution in [0.5, 0.6) is 0 Å². The Morgan fingerprint density at radius 2 is 1.97 bits per heavy atom. The molecule has 3 aliphatic rings. The first-order valence-corrected chi connectivity index (χ1v) is 12.7. The number of hydrogen-bond acceptors (Lipinski definition) is 5. The second-order valence-electron chi connectivity index (χ2n) is 9.45. The number of hydrogen-bond donors (Lipinski definition) is 1. The molecule has 0 aliphatic carbocycles. The molecule has 3 aliphatic heterocycles. The van der Waals surface area contributed by atoms with Crippen LogP contribution in [0.2, 0.25) is 0 Å². The molecule has 0 spiro atoms. The summed E-state index contributed by atoms with van der Waals surface area (Å²) in [4.78, 5) is 30.8. The SMILES string of the molecule is CC(C)CC(=O)N1Cc2ccccc2CC1C(=O)NCC1(N2CCOCC2)CCSC1. The average molecular weight is 446 g/mol. The van der Waals surface area contributed by atoms with Gasteiger partial charge in [0, 0.05) is 50.3 Å². The van der Waals surface area contributed by atoms with E-state index in [1.165, 1.54) is 5.56 Å². The molecular formula is C24H35N3O3S. The Labute approximate surface area is 190 Å². The summed E-state index contributed by atoms with van der Waals surface area (Å²) in [6, 6.07) is 7.75. The number of ether oxygens (including phenoxy) is 1. The van der Waals surface area contributed by atoms with Gasteiger partial charge in [0.25, 0.3) is 0 Å². The number of morpholine rings is 1. The fourth-order valence-corrected chi connectivity index (χ4v) is 6.47. The van der Waals surface area contributed by atoms with E-state index in [-0.39, 0.29) is 23.3 Å². The van der Waals surface area contributed by atoms with E-state index in [4.69, 9.17) is 4.74 Å². The molecule has 0 saturated carbocycles. The maximum atomic E-state index is 13.4. The molecule has 7 heteroatoms. The van der Waals surface area contributed by atoms with Gasteiger partial charge in [0.05, 0.1) is 13.2 Å². The van der Waals surface area contributed by atoms with Gasteiger partial charge in [-0.1, -0.05) is 38.1 Å². The van der Waals surface area contributed by atoms with Gasteiger partial charge in [0.2, 0.25) is 11.8 Å². The van der Waals surface area contributed by atoms with Gasteiger partial charge in [0.15, 0.2) is 0 Å². The number of amides is 2. The summed E-state index contributed by atoms with van der Waals surface area (Å²) < 4.78 is 5.55. The monoisotopic (exact) mass is 445 g/mol. The molecule has 2 fully saturated rings. The summed E-state index contributed by atoms with van der Waals surface area (Å²) in [5, 5.41) is 3.27. The van der Waals surface area contributed by atoms with E-state index in [1.807, 2.05) is 28.8 Å². The number of rotatable bonds is 6. The number of thioether (sulfide) groups is 1. The Hall–Kier alpha value is -1.57. The highest BCUT2D eigenvalue weighted by Gasteiger charge is 2.42. The van der Waals surface area contributed by atoms with Crippen molar-refractivity contribution in [1.29, 1.82) is 0 Å². The van der Waals surface area contributed by atoms with Gasteiger partial charge in [0.1, 0.15) is 6.04 Å². The van der Waals surface area contributed by atoms with Crippen LogP contribution in [-0.4, -0.2) is 77.5 Å². The molecule has 1 aromatic carbocycles. The fraction of sp³-hybridized carbons (Fsp3) is 0.667. The minimum atomic E-state index is -0.433. The van der Waals surface area contributed by atoms with Crippen molar-refractivity contribution in [1.82, 2.24) is 15.1 Å². The Morgan fingerprint density at radius 1 is 1.23 bits per heavy atom. The zero-order valence-corrected chi connectivity index (χ0v) is 19.6. The first-order valence-electron chi connectivity index (χ1n) is 11.5. The van der Waals surface area contributed by atoms with Crippen LogP contribution in [0.25, 0.3) is 0 Å². The van der Waals surface area contributed by atoms with Gasteiger partial charge < -0.3 is 15.0 Å². The summed E-state index contributed by atoms with van der Waals surface area (Å²) in [6.45, 7) is 8.63. The van der Waals surface area contributed by atoms with Crippen molar-refractivity contribution in [3.63, 3.8) is 0 Å². The van der Waals surface area contributed by atoms with Gasteiger partial charge in [-0.25, -0.2) is 0 Å². The third-order valence-electron chi connectivity index (χ3n) is 6.81. The van der Waals surface area contributed by atoms with Gasteiger partial charge in [-0.2, -0.15) is 11.8 Å². The van der Waals surface area contributed by atoms with Crippen molar-refractivity contribution in [2.45, 2.75) is 51.2 Å². The fourth-order valence-electron chi connectivity index (χ4n) is 4.99. The normalized spacial score (nSPS) is 26.7. The van der Waals surface area contributed by atoms with Crippen molar-refractivity contribution in [3.05, 3.63) is 35.4 Å². The quantitative estimate of drug-likeness (QED) is 0.728. The van der Waals surface area contributed by atoms with Crippen LogP contribution in [0.4, 0.5) is 0 Å². The highest BCUT2D eigenvalue weighted by atomic mass is 32.2. The molecule has 1 aromatic rings. The molecule has 2 atom stereocenters. The number of nitrogens with one attached hydrogen (secondary N) is 1. The summed E-state index contributed by atoms with van der Waals surface area (Å²) in [6.07, 6.45) is 2.15. The molecule has 1 N–H and O–H groups in total. The van der Waals surface area contributed by atoms with Crippen LogP contribution in [0.1, 0.15) is 37.8 Å². The first kappa shape index (κ1) is 22.6. The van der Waals surface area contributed by atoms with Crippen LogP contribution >= 0.6 is 11.8 Å². The highest BCUT2D eigenvalue weighted by Crippen LogP contribution is 2.34. The Morgan fingerprint density at radius 3 is 2.65 bits per heavy atom. The number of benzene rings is 1. The van der Waals surface area contributed by atoms with E-state index >= 15 is 0 Å². The molecule has 6 nitrogen and oxygen atoms in total. The lowest BCUT2D eigenvalue weighted by molar-refractivity contribution is -0.142. The molecule has 3 heterocycles. The van der Waals surface area contributed by atoms with Crippen LogP contribution in [0, 0.1) is 5.92 Å². The van der Waals surface area contributed by atoms with E-state index < -0.39 is 6.04 Å². The summed E-state index contributed by atoms with van der Waals surface area (Å²) in [5.41, 5.74) is 2.33. The minimum absolute atomic E-state index is 0.00342. The highest BCUT2D eigenvalue weighted by molar-refractivity contribution is 7.99. The minimum Gasteiger partial charge on any atom is -0.379 e.